The number of aliphatic hydroxyl groups is 1. The Kier molecular flexibility index (Phi) is 42.3. The maximum atomic E-state index is 7.65. The molecule has 0 saturated heterocycles. The first-order valence-corrected chi connectivity index (χ1v) is 3.63. The molecule has 0 aromatic carbocycles. The molecule has 5 nitrogen and oxygen atoms in total. The Morgan fingerprint density at radius 2 is 1.62 bits per heavy atom. The lowest BCUT2D eigenvalue weighted by Crippen LogP contribution is -1.98. The van der Waals surface area contributed by atoms with Gasteiger partial charge in [-0.2, -0.15) is 0 Å². The normalized spacial score (nSPS) is 7.46. The lowest BCUT2D eigenvalue weighted by molar-refractivity contribution is 0.0325. The minimum absolute atomic E-state index is 0.181. The SMILES string of the molecule is C=CCOC.COCN.COCO. The molecule has 0 aliphatic heterocycles. The van der Waals surface area contributed by atoms with Crippen molar-refractivity contribution in [3.63, 3.8) is 0 Å². The molecule has 0 bridgehead atoms. The molecule has 0 aliphatic carbocycles. The van der Waals surface area contributed by atoms with Crippen molar-refractivity contribution < 1.29 is 19.3 Å². The van der Waals surface area contributed by atoms with E-state index in [1.165, 1.54) is 7.11 Å². The van der Waals surface area contributed by atoms with Gasteiger partial charge in [0, 0.05) is 21.3 Å². The Balaban J connectivity index is -0.000000117. The van der Waals surface area contributed by atoms with Crippen LogP contribution < -0.4 is 5.73 Å². The van der Waals surface area contributed by atoms with Crippen molar-refractivity contribution in [1.82, 2.24) is 0 Å². The summed E-state index contributed by atoms with van der Waals surface area (Å²) >= 11 is 0. The van der Waals surface area contributed by atoms with Gasteiger partial charge in [-0.05, 0) is 0 Å². The Morgan fingerprint density at radius 1 is 1.23 bits per heavy atom. The van der Waals surface area contributed by atoms with Crippen molar-refractivity contribution in [3.05, 3.63) is 12.7 Å². The van der Waals surface area contributed by atoms with E-state index in [-0.39, 0.29) is 6.79 Å². The topological polar surface area (TPSA) is 73.9 Å². The number of hydrogen-bond acceptors (Lipinski definition) is 5. The monoisotopic (exact) mass is 195 g/mol. The first-order chi connectivity index (χ1) is 6.24. The van der Waals surface area contributed by atoms with Crippen LogP contribution >= 0.6 is 0 Å². The third-order valence-corrected chi connectivity index (χ3v) is 0.580. The molecule has 0 rings (SSSR count). The van der Waals surface area contributed by atoms with E-state index >= 15 is 0 Å². The molecule has 13 heavy (non-hydrogen) atoms. The van der Waals surface area contributed by atoms with Crippen LogP contribution in [0.5, 0.6) is 0 Å². The van der Waals surface area contributed by atoms with Crippen molar-refractivity contribution in [1.29, 1.82) is 0 Å². The second-order valence-electron chi connectivity index (χ2n) is 1.62. The van der Waals surface area contributed by atoms with Crippen molar-refractivity contribution >= 4 is 0 Å². The highest BCUT2D eigenvalue weighted by atomic mass is 16.6. The average Bonchev–Trinajstić information content (AvgIpc) is 2.20. The van der Waals surface area contributed by atoms with E-state index in [2.05, 4.69) is 20.8 Å². The van der Waals surface area contributed by atoms with Crippen molar-refractivity contribution in [2.45, 2.75) is 0 Å². The number of hydrogen-bond donors (Lipinski definition) is 2. The van der Waals surface area contributed by atoms with Gasteiger partial charge in [0.05, 0.1) is 13.3 Å². The van der Waals surface area contributed by atoms with Crippen LogP contribution in [0.3, 0.4) is 0 Å². The molecule has 5 heteroatoms. The van der Waals surface area contributed by atoms with Gasteiger partial charge in [-0.1, -0.05) is 6.08 Å². The summed E-state index contributed by atoms with van der Waals surface area (Å²) < 4.78 is 13.0. The molecular weight excluding hydrogens is 174 g/mol. The Hall–Kier alpha value is -0.460. The molecule has 0 unspecified atom stereocenters. The third-order valence-electron chi connectivity index (χ3n) is 0.580. The summed E-state index contributed by atoms with van der Waals surface area (Å²) in [7, 11) is 4.63. The van der Waals surface area contributed by atoms with E-state index in [1.54, 1.807) is 20.3 Å². The van der Waals surface area contributed by atoms with E-state index < -0.39 is 0 Å². The van der Waals surface area contributed by atoms with E-state index in [0.29, 0.717) is 13.3 Å². The van der Waals surface area contributed by atoms with Gasteiger partial charge in [-0.25, -0.2) is 0 Å². The largest absolute Gasteiger partial charge is 0.381 e. The lowest BCUT2D eigenvalue weighted by Gasteiger charge is -1.79. The summed E-state index contributed by atoms with van der Waals surface area (Å²) in [6.45, 7) is 4.22. The molecule has 0 fully saturated rings. The molecule has 3 N–H and O–H groups in total. The zero-order valence-corrected chi connectivity index (χ0v) is 8.66. The van der Waals surface area contributed by atoms with Gasteiger partial charge in [-0.3, -0.25) is 0 Å². The summed E-state index contributed by atoms with van der Waals surface area (Å²) in [5.41, 5.74) is 4.81. The van der Waals surface area contributed by atoms with Crippen molar-refractivity contribution in [2.24, 2.45) is 5.73 Å². The van der Waals surface area contributed by atoms with Gasteiger partial charge < -0.3 is 25.1 Å². The van der Waals surface area contributed by atoms with Crippen molar-refractivity contribution in [3.8, 4) is 0 Å². The first kappa shape index (κ1) is 18.3. The van der Waals surface area contributed by atoms with E-state index in [9.17, 15) is 0 Å². The average molecular weight is 195 g/mol. The molecule has 0 aliphatic rings. The molecular formula is C8H21NO4. The van der Waals surface area contributed by atoms with Crippen LogP contribution in [0.4, 0.5) is 0 Å². The zero-order chi connectivity index (χ0) is 10.9. The number of nitrogens with two attached hydrogens (primary N) is 1. The summed E-state index contributed by atoms with van der Waals surface area (Å²) in [6.07, 6.45) is 1.71. The second-order valence-corrected chi connectivity index (χ2v) is 1.62. The summed E-state index contributed by atoms with van der Waals surface area (Å²) in [6, 6.07) is 0. The van der Waals surface area contributed by atoms with Crippen LogP contribution in [0.1, 0.15) is 0 Å². The number of aliphatic hydroxyl groups excluding tert-OH is 1. The summed E-state index contributed by atoms with van der Waals surface area (Å²) in [5.74, 6) is 0. The molecule has 0 atom stereocenters. The van der Waals surface area contributed by atoms with Crippen molar-refractivity contribution in [2.75, 3.05) is 41.5 Å². The fourth-order valence-corrected chi connectivity index (χ4v) is 0.118. The Morgan fingerprint density at radius 3 is 1.62 bits per heavy atom. The molecule has 82 valence electrons. The molecule has 0 aromatic heterocycles. The fraction of sp³-hybridized carbons (Fsp3) is 0.750. The predicted octanol–water partition coefficient (Wildman–Crippen LogP) is -0.0496. The zero-order valence-electron chi connectivity index (χ0n) is 8.66. The Labute approximate surface area is 80.1 Å². The van der Waals surface area contributed by atoms with Crippen LogP contribution in [-0.4, -0.2) is 46.6 Å². The van der Waals surface area contributed by atoms with Crippen LogP contribution in [0, 0.1) is 0 Å². The molecule has 0 radical (unpaired) electrons. The highest BCUT2D eigenvalue weighted by Gasteiger charge is 1.58. The standard InChI is InChI=1S/C4H8O.C2H7NO.C2H6O2/c1-3-4-5-2;2*1-4-2-3/h3H,1,4H2,2H3;2-3H2,1H3;3H,2H2,1H3. The van der Waals surface area contributed by atoms with E-state index in [0.717, 1.165) is 0 Å². The first-order valence-electron chi connectivity index (χ1n) is 3.63. The molecule has 0 spiro atoms. The number of rotatable bonds is 4. The highest BCUT2D eigenvalue weighted by Crippen LogP contribution is 1.60. The van der Waals surface area contributed by atoms with Gasteiger partial charge in [-0.15, -0.1) is 6.58 Å². The summed E-state index contributed by atoms with van der Waals surface area (Å²) in [4.78, 5) is 0. The highest BCUT2D eigenvalue weighted by molar-refractivity contribution is 4.62. The van der Waals surface area contributed by atoms with Crippen LogP contribution in [0.2, 0.25) is 0 Å². The van der Waals surface area contributed by atoms with E-state index in [4.69, 9.17) is 10.8 Å². The number of ether oxygens (including phenoxy) is 3. The second kappa shape index (κ2) is 30.0. The lowest BCUT2D eigenvalue weighted by atomic mass is 10.7. The predicted molar refractivity (Wildman–Crippen MR) is 52.2 cm³/mol. The summed E-state index contributed by atoms with van der Waals surface area (Å²) in [5, 5.41) is 7.65. The van der Waals surface area contributed by atoms with Gasteiger partial charge >= 0.3 is 0 Å². The van der Waals surface area contributed by atoms with Gasteiger partial charge in [0.15, 0.2) is 0 Å². The minimum Gasteiger partial charge on any atom is -0.381 e. The maximum absolute atomic E-state index is 7.65. The fourth-order valence-electron chi connectivity index (χ4n) is 0.118. The quantitative estimate of drug-likeness (QED) is 0.486. The van der Waals surface area contributed by atoms with E-state index in [1.807, 2.05) is 0 Å². The molecule has 0 amide bonds. The Bertz CT molecular complexity index is 63.2. The smallest absolute Gasteiger partial charge is 0.143 e. The minimum atomic E-state index is -0.181. The van der Waals surface area contributed by atoms with Gasteiger partial charge in [0.1, 0.15) is 6.79 Å². The number of methoxy groups -OCH3 is 3. The third kappa shape index (κ3) is 83.8. The maximum Gasteiger partial charge on any atom is 0.143 e. The molecule has 0 saturated carbocycles. The van der Waals surface area contributed by atoms with Crippen LogP contribution in [0.25, 0.3) is 0 Å². The van der Waals surface area contributed by atoms with Gasteiger partial charge in [0.2, 0.25) is 0 Å². The van der Waals surface area contributed by atoms with Crippen LogP contribution in [0.15, 0.2) is 12.7 Å². The van der Waals surface area contributed by atoms with Crippen LogP contribution in [-0.2, 0) is 14.2 Å². The van der Waals surface area contributed by atoms with Gasteiger partial charge in [0.25, 0.3) is 0 Å². The molecule has 0 aromatic rings. The molecule has 0 heterocycles.